The molecular formula is C24H37IN6O. The summed E-state index contributed by atoms with van der Waals surface area (Å²) >= 11 is 0. The zero-order chi connectivity index (χ0) is 22.3. The average molecular weight is 553 g/mol. The van der Waals surface area contributed by atoms with Gasteiger partial charge in [0.15, 0.2) is 5.96 Å². The zero-order valence-electron chi connectivity index (χ0n) is 19.9. The molecule has 1 aliphatic heterocycles. The molecule has 0 spiro atoms. The number of para-hydroxylation sites is 1. The molecular weight excluding hydrogens is 515 g/mol. The van der Waals surface area contributed by atoms with E-state index < -0.39 is 0 Å². The molecule has 3 rings (SSSR count). The van der Waals surface area contributed by atoms with Gasteiger partial charge >= 0.3 is 0 Å². The SMILES string of the molecule is CN=C(NCc1ccnc(N2CCN(C)CC2)c1)NCc1ccccc1OC(C)(C)C.I. The van der Waals surface area contributed by atoms with Gasteiger partial charge in [0.25, 0.3) is 0 Å². The number of rotatable bonds is 6. The van der Waals surface area contributed by atoms with Crippen LogP contribution in [0.1, 0.15) is 31.9 Å². The van der Waals surface area contributed by atoms with Crippen LogP contribution >= 0.6 is 24.0 Å². The van der Waals surface area contributed by atoms with Crippen molar-refractivity contribution < 1.29 is 4.74 Å². The molecule has 0 aliphatic carbocycles. The Hall–Kier alpha value is -2.07. The van der Waals surface area contributed by atoms with E-state index in [2.05, 4.69) is 70.4 Å². The third-order valence-electron chi connectivity index (χ3n) is 5.16. The van der Waals surface area contributed by atoms with Crippen LogP contribution in [-0.2, 0) is 13.1 Å². The van der Waals surface area contributed by atoms with Crippen LogP contribution < -0.4 is 20.3 Å². The second-order valence-corrected chi connectivity index (χ2v) is 8.91. The Bertz CT molecular complexity index is 875. The Morgan fingerprint density at radius 3 is 2.44 bits per heavy atom. The van der Waals surface area contributed by atoms with Crippen LogP contribution in [0.5, 0.6) is 5.75 Å². The lowest BCUT2D eigenvalue weighted by Crippen LogP contribution is -2.44. The second-order valence-electron chi connectivity index (χ2n) is 8.91. The lowest BCUT2D eigenvalue weighted by molar-refractivity contribution is 0.129. The first-order valence-corrected chi connectivity index (χ1v) is 10.9. The minimum atomic E-state index is -0.237. The van der Waals surface area contributed by atoms with E-state index in [0.29, 0.717) is 13.1 Å². The summed E-state index contributed by atoms with van der Waals surface area (Å²) in [5, 5.41) is 6.80. The number of aromatic nitrogens is 1. The highest BCUT2D eigenvalue weighted by Gasteiger charge is 2.16. The van der Waals surface area contributed by atoms with Crippen LogP contribution in [0, 0.1) is 0 Å². The Labute approximate surface area is 209 Å². The number of aliphatic imine (C=N–C) groups is 1. The van der Waals surface area contributed by atoms with Gasteiger partial charge in [-0.05, 0) is 51.6 Å². The van der Waals surface area contributed by atoms with E-state index in [1.165, 1.54) is 5.56 Å². The lowest BCUT2D eigenvalue weighted by Gasteiger charge is -2.33. The monoisotopic (exact) mass is 552 g/mol. The molecule has 8 heteroatoms. The van der Waals surface area contributed by atoms with Gasteiger partial charge in [0.05, 0.1) is 0 Å². The molecule has 0 amide bonds. The highest BCUT2D eigenvalue weighted by molar-refractivity contribution is 14.0. The fraction of sp³-hybridized carbons (Fsp3) is 0.500. The maximum Gasteiger partial charge on any atom is 0.191 e. The number of guanidine groups is 1. The van der Waals surface area contributed by atoms with Crippen molar-refractivity contribution >= 4 is 35.8 Å². The fourth-order valence-electron chi connectivity index (χ4n) is 3.44. The molecule has 1 aromatic carbocycles. The number of hydrogen-bond acceptors (Lipinski definition) is 5. The van der Waals surface area contributed by atoms with Gasteiger partial charge in [0.1, 0.15) is 17.2 Å². The predicted octanol–water partition coefficient (Wildman–Crippen LogP) is 3.49. The Balaban J connectivity index is 0.00000363. The molecule has 2 aromatic rings. The minimum Gasteiger partial charge on any atom is -0.488 e. The first kappa shape index (κ1) is 26.2. The molecule has 2 N–H and O–H groups in total. The maximum absolute atomic E-state index is 6.09. The third-order valence-corrected chi connectivity index (χ3v) is 5.16. The summed E-state index contributed by atoms with van der Waals surface area (Å²) in [5.41, 5.74) is 2.05. The molecule has 1 aromatic heterocycles. The van der Waals surface area contributed by atoms with Gasteiger partial charge in [-0.25, -0.2) is 4.98 Å². The smallest absolute Gasteiger partial charge is 0.191 e. The zero-order valence-corrected chi connectivity index (χ0v) is 22.2. The quantitative estimate of drug-likeness (QED) is 0.325. The van der Waals surface area contributed by atoms with Crippen LogP contribution in [0.3, 0.4) is 0 Å². The number of hydrogen-bond donors (Lipinski definition) is 2. The van der Waals surface area contributed by atoms with Crippen LogP contribution in [0.25, 0.3) is 0 Å². The number of anilines is 1. The van der Waals surface area contributed by atoms with Crippen LogP contribution in [-0.4, -0.2) is 61.7 Å². The van der Waals surface area contributed by atoms with E-state index in [4.69, 9.17) is 4.74 Å². The van der Waals surface area contributed by atoms with Crippen LogP contribution in [0.15, 0.2) is 47.6 Å². The van der Waals surface area contributed by atoms with Crippen molar-refractivity contribution in [3.05, 3.63) is 53.7 Å². The van der Waals surface area contributed by atoms with Crippen molar-refractivity contribution in [2.45, 2.75) is 39.5 Å². The number of likely N-dealkylation sites (N-methyl/N-ethyl adjacent to an activating group) is 1. The number of nitrogens with one attached hydrogen (secondary N) is 2. The van der Waals surface area contributed by atoms with Crippen molar-refractivity contribution in [3.8, 4) is 5.75 Å². The molecule has 2 heterocycles. The summed E-state index contributed by atoms with van der Waals surface area (Å²) in [6.07, 6.45) is 1.89. The molecule has 1 fully saturated rings. The Kier molecular flexibility index (Phi) is 10.0. The Morgan fingerprint density at radius 2 is 1.75 bits per heavy atom. The lowest BCUT2D eigenvalue weighted by atomic mass is 10.1. The summed E-state index contributed by atoms with van der Waals surface area (Å²) in [7, 11) is 3.95. The summed E-state index contributed by atoms with van der Waals surface area (Å²) < 4.78 is 6.09. The third kappa shape index (κ3) is 8.12. The average Bonchev–Trinajstić information content (AvgIpc) is 2.74. The molecule has 0 atom stereocenters. The first-order chi connectivity index (χ1) is 14.8. The second kappa shape index (κ2) is 12.2. The summed E-state index contributed by atoms with van der Waals surface area (Å²) in [6, 6.07) is 12.3. The van der Waals surface area contributed by atoms with E-state index in [0.717, 1.165) is 49.3 Å². The standard InChI is InChI=1S/C24H36N6O.HI/c1-24(2,3)31-21-9-7-6-8-20(21)18-28-23(25-4)27-17-19-10-11-26-22(16-19)30-14-12-29(5)13-15-30;/h6-11,16H,12-15,17-18H2,1-5H3,(H2,25,27,28);1H. The van der Waals surface area contributed by atoms with Gasteiger partial charge in [0.2, 0.25) is 0 Å². The molecule has 7 nitrogen and oxygen atoms in total. The van der Waals surface area contributed by atoms with E-state index in [9.17, 15) is 0 Å². The first-order valence-electron chi connectivity index (χ1n) is 10.9. The normalized spacial score (nSPS) is 15.2. The van der Waals surface area contributed by atoms with E-state index >= 15 is 0 Å². The van der Waals surface area contributed by atoms with Crippen molar-refractivity contribution in [2.24, 2.45) is 4.99 Å². The number of nitrogens with zero attached hydrogens (tertiary/aromatic N) is 4. The number of ether oxygens (including phenoxy) is 1. The largest absolute Gasteiger partial charge is 0.488 e. The molecule has 1 saturated heterocycles. The summed E-state index contributed by atoms with van der Waals surface area (Å²) in [4.78, 5) is 13.6. The van der Waals surface area contributed by atoms with Crippen molar-refractivity contribution in [1.29, 1.82) is 0 Å². The number of piperazine rings is 1. The predicted molar refractivity (Wildman–Crippen MR) is 143 cm³/mol. The fourth-order valence-corrected chi connectivity index (χ4v) is 3.44. The molecule has 176 valence electrons. The van der Waals surface area contributed by atoms with Gasteiger partial charge in [-0.1, -0.05) is 18.2 Å². The molecule has 0 saturated carbocycles. The van der Waals surface area contributed by atoms with Gasteiger partial charge in [-0.3, -0.25) is 4.99 Å². The van der Waals surface area contributed by atoms with Crippen molar-refractivity contribution in [2.75, 3.05) is 45.2 Å². The number of pyridine rings is 1. The van der Waals surface area contributed by atoms with Crippen LogP contribution in [0.4, 0.5) is 5.82 Å². The van der Waals surface area contributed by atoms with E-state index in [1.54, 1.807) is 7.05 Å². The molecule has 1 aliphatic rings. The van der Waals surface area contributed by atoms with Gasteiger partial charge in [-0.15, -0.1) is 24.0 Å². The molecule has 0 radical (unpaired) electrons. The van der Waals surface area contributed by atoms with E-state index in [1.807, 2.05) is 30.5 Å². The maximum atomic E-state index is 6.09. The van der Waals surface area contributed by atoms with Crippen molar-refractivity contribution in [3.63, 3.8) is 0 Å². The minimum absolute atomic E-state index is 0. The van der Waals surface area contributed by atoms with Crippen LogP contribution in [0.2, 0.25) is 0 Å². The van der Waals surface area contributed by atoms with Gasteiger partial charge in [0, 0.05) is 58.1 Å². The number of halogens is 1. The topological polar surface area (TPSA) is 65.0 Å². The summed E-state index contributed by atoms with van der Waals surface area (Å²) in [5.74, 6) is 2.69. The molecule has 32 heavy (non-hydrogen) atoms. The summed E-state index contributed by atoms with van der Waals surface area (Å²) in [6.45, 7) is 11.7. The highest BCUT2D eigenvalue weighted by atomic mass is 127. The Morgan fingerprint density at radius 1 is 1.06 bits per heavy atom. The van der Waals surface area contributed by atoms with Gasteiger partial charge < -0.3 is 25.2 Å². The van der Waals surface area contributed by atoms with Gasteiger partial charge in [-0.2, -0.15) is 0 Å². The molecule has 0 bridgehead atoms. The molecule has 0 unspecified atom stereocenters. The number of benzene rings is 1. The van der Waals surface area contributed by atoms with Crippen molar-refractivity contribution in [1.82, 2.24) is 20.5 Å². The van der Waals surface area contributed by atoms with E-state index in [-0.39, 0.29) is 29.6 Å². The highest BCUT2D eigenvalue weighted by Crippen LogP contribution is 2.22.